The van der Waals surface area contributed by atoms with Gasteiger partial charge in [0.05, 0.1) is 12.4 Å². The average Bonchev–Trinajstić information content (AvgIpc) is 3.40. The summed E-state index contributed by atoms with van der Waals surface area (Å²) in [5.74, 6) is 1.30. The molecule has 0 unspecified atom stereocenters. The zero-order valence-electron chi connectivity index (χ0n) is 16.9. The lowest BCUT2D eigenvalue weighted by Gasteiger charge is -2.33. The topological polar surface area (TPSA) is 89.0 Å². The van der Waals surface area contributed by atoms with Crippen molar-refractivity contribution in [2.75, 3.05) is 32.8 Å². The van der Waals surface area contributed by atoms with E-state index in [9.17, 15) is 9.59 Å². The van der Waals surface area contributed by atoms with Crippen LogP contribution in [0.5, 0.6) is 0 Å². The van der Waals surface area contributed by atoms with Crippen molar-refractivity contribution >= 4 is 34.9 Å². The first-order valence-electron chi connectivity index (χ1n) is 9.84. The number of furan rings is 1. The molecule has 2 amide bonds. The fraction of sp³-hybridized carbons (Fsp3) is 0.381. The van der Waals surface area contributed by atoms with Crippen LogP contribution in [0.1, 0.15) is 28.8 Å². The predicted molar refractivity (Wildman–Crippen MR) is 112 cm³/mol. The Hall–Kier alpha value is -2.94. The summed E-state index contributed by atoms with van der Waals surface area (Å²) in [5, 5.41) is 0.568. The summed E-state index contributed by atoms with van der Waals surface area (Å²) in [6.07, 6.45) is -0.337. The minimum atomic E-state index is -0.337. The first-order valence-corrected chi connectivity index (χ1v) is 10.8. The number of nitrogens with zero attached hydrogens (tertiary/aromatic N) is 3. The molecule has 0 radical (unpaired) electrons. The second kappa shape index (κ2) is 8.83. The molecule has 0 bridgehead atoms. The van der Waals surface area contributed by atoms with Crippen molar-refractivity contribution in [3.05, 3.63) is 47.4 Å². The molecule has 2 aromatic heterocycles. The van der Waals surface area contributed by atoms with Gasteiger partial charge in [0.15, 0.2) is 11.3 Å². The van der Waals surface area contributed by atoms with E-state index in [1.54, 1.807) is 28.9 Å². The van der Waals surface area contributed by atoms with Gasteiger partial charge >= 0.3 is 6.09 Å². The van der Waals surface area contributed by atoms with E-state index in [4.69, 9.17) is 13.6 Å². The van der Waals surface area contributed by atoms with E-state index in [0.717, 1.165) is 16.7 Å². The first-order chi connectivity index (χ1) is 14.5. The summed E-state index contributed by atoms with van der Waals surface area (Å²) >= 11 is 1.42. The van der Waals surface area contributed by atoms with Crippen LogP contribution in [0.15, 0.2) is 44.4 Å². The molecule has 9 heteroatoms. The van der Waals surface area contributed by atoms with E-state index < -0.39 is 0 Å². The summed E-state index contributed by atoms with van der Waals surface area (Å²) in [6.45, 7) is 5.91. The van der Waals surface area contributed by atoms with Crippen LogP contribution >= 0.6 is 11.8 Å². The van der Waals surface area contributed by atoms with Gasteiger partial charge in [-0.05, 0) is 37.6 Å². The van der Waals surface area contributed by atoms with Crippen molar-refractivity contribution in [2.24, 2.45) is 0 Å². The summed E-state index contributed by atoms with van der Waals surface area (Å²) in [5.41, 5.74) is 2.68. The number of carbonyl (C=O) groups is 2. The third kappa shape index (κ3) is 4.30. The highest BCUT2D eigenvalue weighted by Gasteiger charge is 2.27. The zero-order valence-corrected chi connectivity index (χ0v) is 17.7. The number of piperazine rings is 1. The van der Waals surface area contributed by atoms with Crippen molar-refractivity contribution in [1.82, 2.24) is 14.8 Å². The smallest absolute Gasteiger partial charge is 0.409 e. The lowest BCUT2D eigenvalue weighted by Crippen LogP contribution is -2.50. The van der Waals surface area contributed by atoms with Crippen LogP contribution in [0.3, 0.4) is 0 Å². The Balaban J connectivity index is 1.33. The number of fused-ring (bicyclic) bond motifs is 1. The van der Waals surface area contributed by atoms with E-state index in [1.165, 1.54) is 11.8 Å². The highest BCUT2D eigenvalue weighted by atomic mass is 32.2. The van der Waals surface area contributed by atoms with Gasteiger partial charge in [0.1, 0.15) is 11.3 Å². The Morgan fingerprint density at radius 2 is 1.87 bits per heavy atom. The molecular weight excluding hydrogens is 406 g/mol. The Kier molecular flexibility index (Phi) is 5.98. The number of carbonyl (C=O) groups excluding carboxylic acids is 2. The van der Waals surface area contributed by atoms with Crippen molar-refractivity contribution in [3.8, 4) is 0 Å². The quantitative estimate of drug-likeness (QED) is 0.568. The molecule has 0 aliphatic carbocycles. The fourth-order valence-electron chi connectivity index (χ4n) is 3.29. The number of amides is 2. The minimum absolute atomic E-state index is 0.174. The van der Waals surface area contributed by atoms with Crippen LogP contribution in [0, 0.1) is 6.92 Å². The summed E-state index contributed by atoms with van der Waals surface area (Å²) in [6, 6.07) is 9.31. The third-order valence-corrected chi connectivity index (χ3v) is 5.75. The largest absolute Gasteiger partial charge is 0.455 e. The first kappa shape index (κ1) is 20.3. The molecule has 4 rings (SSSR count). The highest BCUT2D eigenvalue weighted by Crippen LogP contribution is 2.28. The molecule has 3 heterocycles. The molecule has 1 saturated heterocycles. The van der Waals surface area contributed by atoms with Crippen LogP contribution in [0.2, 0.25) is 0 Å². The molecule has 0 atom stereocenters. The normalized spacial score (nSPS) is 14.3. The average molecular weight is 429 g/mol. The second-order valence-electron chi connectivity index (χ2n) is 6.93. The Morgan fingerprint density at radius 3 is 2.60 bits per heavy atom. The molecule has 8 nitrogen and oxygen atoms in total. The maximum absolute atomic E-state index is 12.7. The van der Waals surface area contributed by atoms with Crippen molar-refractivity contribution in [1.29, 1.82) is 0 Å². The lowest BCUT2D eigenvalue weighted by atomic mass is 10.2. The maximum Gasteiger partial charge on any atom is 0.409 e. The van der Waals surface area contributed by atoms with Crippen LogP contribution in [0.25, 0.3) is 11.1 Å². The number of rotatable bonds is 5. The minimum Gasteiger partial charge on any atom is -0.455 e. The van der Waals surface area contributed by atoms with Crippen LogP contribution in [-0.4, -0.2) is 59.6 Å². The van der Waals surface area contributed by atoms with Gasteiger partial charge in [-0.25, -0.2) is 9.78 Å². The number of aromatic nitrogens is 1. The van der Waals surface area contributed by atoms with Gasteiger partial charge in [-0.15, -0.1) is 0 Å². The molecule has 30 heavy (non-hydrogen) atoms. The molecular formula is C21H23N3O5S. The third-order valence-electron chi connectivity index (χ3n) is 4.90. The summed E-state index contributed by atoms with van der Waals surface area (Å²) in [7, 11) is 0. The number of aryl methyl sites for hydroxylation is 1. The molecule has 0 saturated carbocycles. The molecule has 1 aliphatic heterocycles. The Labute approximate surface area is 178 Å². The van der Waals surface area contributed by atoms with Crippen LogP contribution in [0.4, 0.5) is 4.79 Å². The van der Waals surface area contributed by atoms with E-state index in [-0.39, 0.29) is 12.0 Å². The molecule has 158 valence electrons. The van der Waals surface area contributed by atoms with Gasteiger partial charge in [-0.1, -0.05) is 23.9 Å². The van der Waals surface area contributed by atoms with Gasteiger partial charge in [-0.3, -0.25) is 4.79 Å². The van der Waals surface area contributed by atoms with Crippen molar-refractivity contribution in [2.45, 2.75) is 24.8 Å². The van der Waals surface area contributed by atoms with Crippen molar-refractivity contribution in [3.63, 3.8) is 0 Å². The Bertz CT molecular complexity index is 1050. The lowest BCUT2D eigenvalue weighted by molar-refractivity contribution is 0.0545. The molecule has 0 N–H and O–H groups in total. The monoisotopic (exact) mass is 429 g/mol. The molecule has 3 aromatic rings. The second-order valence-corrected chi connectivity index (χ2v) is 7.86. The standard InChI is InChI=1S/C21H23N3O5S/c1-3-27-21(26)24-11-9-23(10-12-24)19(25)17-8-7-15(28-17)13-30-20-22-18-14(2)5-4-6-16(18)29-20/h4-8H,3,9-13H2,1-2H3. The van der Waals surface area contributed by atoms with Crippen LogP contribution in [-0.2, 0) is 10.5 Å². The van der Waals surface area contributed by atoms with Gasteiger partial charge in [-0.2, -0.15) is 0 Å². The molecule has 1 fully saturated rings. The zero-order chi connectivity index (χ0) is 21.1. The van der Waals surface area contributed by atoms with Gasteiger partial charge < -0.3 is 23.4 Å². The SMILES string of the molecule is CCOC(=O)N1CCN(C(=O)c2ccc(CSc3nc4c(C)cccc4o3)o2)CC1. The van der Waals surface area contributed by atoms with Gasteiger partial charge in [0.25, 0.3) is 11.1 Å². The van der Waals surface area contributed by atoms with E-state index in [0.29, 0.717) is 55.3 Å². The Morgan fingerprint density at radius 1 is 1.10 bits per heavy atom. The van der Waals surface area contributed by atoms with E-state index in [1.807, 2.05) is 25.1 Å². The maximum atomic E-state index is 12.7. The number of ether oxygens (including phenoxy) is 1. The van der Waals surface area contributed by atoms with Gasteiger partial charge in [0, 0.05) is 26.2 Å². The fourth-order valence-corrected chi connectivity index (χ4v) is 4.02. The van der Waals surface area contributed by atoms with E-state index >= 15 is 0 Å². The number of benzene rings is 1. The van der Waals surface area contributed by atoms with E-state index in [2.05, 4.69) is 4.98 Å². The number of thioether (sulfide) groups is 1. The summed E-state index contributed by atoms with van der Waals surface area (Å²) < 4.78 is 16.5. The predicted octanol–water partition coefficient (Wildman–Crippen LogP) is 3.94. The number of hydrogen-bond acceptors (Lipinski definition) is 7. The molecule has 1 aliphatic rings. The number of oxazole rings is 1. The summed E-state index contributed by atoms with van der Waals surface area (Å²) in [4.78, 5) is 32.3. The van der Waals surface area contributed by atoms with Crippen molar-refractivity contribution < 1.29 is 23.2 Å². The van der Waals surface area contributed by atoms with Crippen LogP contribution < -0.4 is 0 Å². The van der Waals surface area contributed by atoms with Gasteiger partial charge in [0.2, 0.25) is 0 Å². The highest BCUT2D eigenvalue weighted by molar-refractivity contribution is 7.98. The molecule has 0 spiro atoms. The molecule has 1 aromatic carbocycles. The number of para-hydroxylation sites is 1. The number of hydrogen-bond donors (Lipinski definition) is 0.